The molecule has 20 heavy (non-hydrogen) atoms. The Bertz CT molecular complexity index is 603. The van der Waals surface area contributed by atoms with E-state index in [9.17, 15) is 9.59 Å². The number of carbonyl (C=O) groups is 2. The minimum atomic E-state index is -0.314. The summed E-state index contributed by atoms with van der Waals surface area (Å²) in [7, 11) is 0. The number of benzene rings is 1. The third-order valence-corrected chi connectivity index (χ3v) is 3.22. The summed E-state index contributed by atoms with van der Waals surface area (Å²) in [4.78, 5) is 23.3. The second-order valence-electron chi connectivity index (χ2n) is 3.78. The van der Waals surface area contributed by atoms with Crippen LogP contribution < -0.4 is 10.6 Å². The molecule has 2 N–H and O–H groups in total. The molecule has 0 aliphatic carbocycles. The lowest BCUT2D eigenvalue weighted by molar-refractivity contribution is 0.0925. The fourth-order valence-electron chi connectivity index (χ4n) is 1.45. The van der Waals surface area contributed by atoms with Gasteiger partial charge in [0.25, 0.3) is 11.8 Å². The molecular weight excluding hydrogens is 300 g/mol. The zero-order valence-corrected chi connectivity index (χ0v) is 11.9. The number of halogens is 1. The first-order chi connectivity index (χ1) is 9.68. The van der Waals surface area contributed by atoms with Crippen molar-refractivity contribution >= 4 is 35.1 Å². The zero-order chi connectivity index (χ0) is 14.4. The van der Waals surface area contributed by atoms with Gasteiger partial charge in [0.1, 0.15) is 0 Å². The highest BCUT2D eigenvalue weighted by Gasteiger charge is 2.10. The summed E-state index contributed by atoms with van der Waals surface area (Å²) in [6, 6.07) is 6.77. The van der Waals surface area contributed by atoms with Crippen molar-refractivity contribution < 1.29 is 9.59 Å². The number of hydrogen-bond donors (Lipinski definition) is 2. The van der Waals surface area contributed by atoms with Crippen LogP contribution in [0.15, 0.2) is 30.5 Å². The molecule has 104 valence electrons. The predicted molar refractivity (Wildman–Crippen MR) is 76.0 cm³/mol. The second-order valence-corrected chi connectivity index (χ2v) is 4.75. The molecule has 2 amide bonds. The number of amides is 2. The van der Waals surface area contributed by atoms with Gasteiger partial charge in [0, 0.05) is 13.1 Å². The molecule has 1 heterocycles. The molecule has 0 atom stereocenters. The standard InChI is InChI=1S/C12H11ClN4O2S/c13-9-4-2-1-3-8(9)11(18)14-5-6-15-12(19)10-7-16-20-17-10/h1-4,7H,5-6H2,(H,14,18)(H,15,19). The average molecular weight is 311 g/mol. The lowest BCUT2D eigenvalue weighted by Gasteiger charge is -2.07. The lowest BCUT2D eigenvalue weighted by atomic mass is 10.2. The van der Waals surface area contributed by atoms with Crippen LogP contribution in [0.5, 0.6) is 0 Å². The molecule has 0 saturated carbocycles. The smallest absolute Gasteiger partial charge is 0.272 e. The number of aromatic nitrogens is 2. The van der Waals surface area contributed by atoms with Gasteiger partial charge in [-0.25, -0.2) is 0 Å². The molecule has 0 saturated heterocycles. The van der Waals surface area contributed by atoms with E-state index in [0.717, 1.165) is 11.7 Å². The summed E-state index contributed by atoms with van der Waals surface area (Å²) in [5, 5.41) is 5.68. The summed E-state index contributed by atoms with van der Waals surface area (Å²) >= 11 is 6.87. The molecule has 6 nitrogen and oxygen atoms in total. The zero-order valence-electron chi connectivity index (χ0n) is 10.3. The molecule has 2 aromatic rings. The van der Waals surface area contributed by atoms with Gasteiger partial charge in [0.15, 0.2) is 5.69 Å². The van der Waals surface area contributed by atoms with E-state index in [1.165, 1.54) is 6.20 Å². The summed E-state index contributed by atoms with van der Waals surface area (Å²) in [6.07, 6.45) is 1.39. The fraction of sp³-hybridized carbons (Fsp3) is 0.167. The van der Waals surface area contributed by atoms with Crippen LogP contribution in [-0.4, -0.2) is 33.7 Å². The van der Waals surface area contributed by atoms with Crippen molar-refractivity contribution in [2.24, 2.45) is 0 Å². The van der Waals surface area contributed by atoms with Gasteiger partial charge in [0.05, 0.1) is 28.5 Å². The van der Waals surface area contributed by atoms with Crippen LogP contribution in [0.25, 0.3) is 0 Å². The molecule has 0 unspecified atom stereocenters. The van der Waals surface area contributed by atoms with Gasteiger partial charge in [-0.2, -0.15) is 8.75 Å². The molecule has 1 aromatic carbocycles. The van der Waals surface area contributed by atoms with E-state index < -0.39 is 0 Å². The van der Waals surface area contributed by atoms with Crippen molar-refractivity contribution in [1.82, 2.24) is 19.4 Å². The van der Waals surface area contributed by atoms with Crippen molar-refractivity contribution in [3.63, 3.8) is 0 Å². The fourth-order valence-corrected chi connectivity index (χ4v) is 2.08. The Hall–Kier alpha value is -1.99. The molecule has 0 spiro atoms. The SMILES string of the molecule is O=C(NCCNC(=O)c1ccccc1Cl)c1cnsn1. The molecule has 2 rings (SSSR count). The number of rotatable bonds is 5. The Kier molecular flexibility index (Phi) is 5.03. The number of carbonyl (C=O) groups excluding carboxylic acids is 2. The quantitative estimate of drug-likeness (QED) is 0.817. The van der Waals surface area contributed by atoms with Crippen molar-refractivity contribution in [1.29, 1.82) is 0 Å². The Labute approximate surface area is 124 Å². The van der Waals surface area contributed by atoms with Gasteiger partial charge in [-0.1, -0.05) is 23.7 Å². The minimum Gasteiger partial charge on any atom is -0.350 e. The van der Waals surface area contributed by atoms with Crippen LogP contribution in [0.1, 0.15) is 20.8 Å². The van der Waals surface area contributed by atoms with Crippen LogP contribution in [0, 0.1) is 0 Å². The third-order valence-electron chi connectivity index (χ3n) is 2.41. The Morgan fingerprint density at radius 3 is 2.50 bits per heavy atom. The molecule has 0 radical (unpaired) electrons. The van der Waals surface area contributed by atoms with Crippen LogP contribution >= 0.6 is 23.3 Å². The number of nitrogens with zero attached hydrogens (tertiary/aromatic N) is 2. The van der Waals surface area contributed by atoms with E-state index in [0.29, 0.717) is 23.7 Å². The van der Waals surface area contributed by atoms with E-state index in [1.807, 2.05) is 0 Å². The molecule has 0 bridgehead atoms. The average Bonchev–Trinajstić information content (AvgIpc) is 2.98. The van der Waals surface area contributed by atoms with Gasteiger partial charge < -0.3 is 10.6 Å². The summed E-state index contributed by atoms with van der Waals surface area (Å²) in [5.74, 6) is -0.592. The van der Waals surface area contributed by atoms with E-state index in [1.54, 1.807) is 24.3 Å². The highest BCUT2D eigenvalue weighted by atomic mass is 35.5. The summed E-state index contributed by atoms with van der Waals surface area (Å²) in [6.45, 7) is 0.597. The molecule has 8 heteroatoms. The van der Waals surface area contributed by atoms with Gasteiger partial charge in [-0.05, 0) is 12.1 Å². The monoisotopic (exact) mass is 310 g/mol. The Balaban J connectivity index is 1.75. The van der Waals surface area contributed by atoms with Gasteiger partial charge in [-0.15, -0.1) is 0 Å². The van der Waals surface area contributed by atoms with E-state index in [4.69, 9.17) is 11.6 Å². The first kappa shape index (κ1) is 14.4. The lowest BCUT2D eigenvalue weighted by Crippen LogP contribution is -2.34. The van der Waals surface area contributed by atoms with Crippen molar-refractivity contribution in [2.45, 2.75) is 0 Å². The van der Waals surface area contributed by atoms with Crippen molar-refractivity contribution in [3.8, 4) is 0 Å². The van der Waals surface area contributed by atoms with Gasteiger partial charge in [0.2, 0.25) is 0 Å². The number of nitrogens with one attached hydrogen (secondary N) is 2. The van der Waals surface area contributed by atoms with E-state index >= 15 is 0 Å². The molecular formula is C12H11ClN4O2S. The highest BCUT2D eigenvalue weighted by molar-refractivity contribution is 6.99. The van der Waals surface area contributed by atoms with Crippen molar-refractivity contribution in [3.05, 3.63) is 46.7 Å². The van der Waals surface area contributed by atoms with Crippen LogP contribution in [0.4, 0.5) is 0 Å². The number of hydrogen-bond acceptors (Lipinski definition) is 5. The Morgan fingerprint density at radius 2 is 1.85 bits per heavy atom. The third kappa shape index (κ3) is 3.75. The van der Waals surface area contributed by atoms with Crippen LogP contribution in [0.3, 0.4) is 0 Å². The van der Waals surface area contributed by atoms with Crippen LogP contribution in [0.2, 0.25) is 5.02 Å². The highest BCUT2D eigenvalue weighted by Crippen LogP contribution is 2.14. The summed E-state index contributed by atoms with van der Waals surface area (Å²) < 4.78 is 7.54. The second kappa shape index (κ2) is 6.97. The minimum absolute atomic E-state index is 0.271. The summed E-state index contributed by atoms with van der Waals surface area (Å²) in [5.41, 5.74) is 0.677. The first-order valence-corrected chi connectivity index (χ1v) is 6.88. The molecule has 1 aromatic heterocycles. The maximum atomic E-state index is 11.8. The first-order valence-electron chi connectivity index (χ1n) is 5.77. The molecule has 0 aliphatic heterocycles. The van der Waals surface area contributed by atoms with E-state index in [2.05, 4.69) is 19.4 Å². The van der Waals surface area contributed by atoms with Gasteiger partial charge >= 0.3 is 0 Å². The van der Waals surface area contributed by atoms with Crippen molar-refractivity contribution in [2.75, 3.05) is 13.1 Å². The maximum Gasteiger partial charge on any atom is 0.272 e. The normalized spacial score (nSPS) is 10.1. The maximum absolute atomic E-state index is 11.8. The molecule has 0 fully saturated rings. The van der Waals surface area contributed by atoms with E-state index in [-0.39, 0.29) is 17.5 Å². The molecule has 0 aliphatic rings. The predicted octanol–water partition coefficient (Wildman–Crippen LogP) is 1.35. The van der Waals surface area contributed by atoms with Crippen LogP contribution in [-0.2, 0) is 0 Å². The Morgan fingerprint density at radius 1 is 1.15 bits per heavy atom. The van der Waals surface area contributed by atoms with Gasteiger partial charge in [-0.3, -0.25) is 9.59 Å². The largest absolute Gasteiger partial charge is 0.350 e. The topological polar surface area (TPSA) is 84.0 Å².